The van der Waals surface area contributed by atoms with Gasteiger partial charge in [0.15, 0.2) is 0 Å². The predicted molar refractivity (Wildman–Crippen MR) is 113 cm³/mol. The molecule has 2 aromatic rings. The number of rotatable bonds is 9. The Morgan fingerprint density at radius 1 is 1.10 bits per heavy atom. The molecule has 0 bridgehead atoms. The van der Waals surface area contributed by atoms with Crippen molar-refractivity contribution >= 4 is 45.5 Å². The first-order valence-corrected chi connectivity index (χ1v) is 9.59. The van der Waals surface area contributed by atoms with E-state index in [0.29, 0.717) is 15.6 Å². The number of carboxylic acids is 1. The molecule has 0 heterocycles. The van der Waals surface area contributed by atoms with Gasteiger partial charge in [0.25, 0.3) is 17.5 Å². The molecule has 0 unspecified atom stereocenters. The van der Waals surface area contributed by atoms with Gasteiger partial charge in [0.05, 0.1) is 10.5 Å². The van der Waals surface area contributed by atoms with Gasteiger partial charge in [-0.2, -0.15) is 0 Å². The smallest absolute Gasteiger partial charge is 0.303 e. The summed E-state index contributed by atoms with van der Waals surface area (Å²) in [7, 11) is 0. The normalized spacial score (nSPS) is 10.9. The highest BCUT2D eigenvalue weighted by Crippen LogP contribution is 2.17. The van der Waals surface area contributed by atoms with Crippen LogP contribution in [0.5, 0.6) is 0 Å². The first kappa shape index (κ1) is 22.8. The molecule has 9 nitrogen and oxygen atoms in total. The number of carbonyl (C=O) groups excluding carboxylic acids is 2. The number of carboxylic acid groups (broad SMARTS) is 1. The van der Waals surface area contributed by atoms with Gasteiger partial charge in [0.1, 0.15) is 5.70 Å². The van der Waals surface area contributed by atoms with E-state index in [1.807, 2.05) is 0 Å². The molecule has 0 aliphatic carbocycles. The molecule has 2 aromatic carbocycles. The van der Waals surface area contributed by atoms with Gasteiger partial charge < -0.3 is 15.7 Å². The van der Waals surface area contributed by atoms with E-state index in [4.69, 9.17) is 5.11 Å². The van der Waals surface area contributed by atoms with Crippen LogP contribution in [-0.4, -0.2) is 34.4 Å². The first-order valence-electron chi connectivity index (χ1n) is 8.80. The van der Waals surface area contributed by atoms with Crippen LogP contribution in [0.1, 0.15) is 28.8 Å². The Hall–Kier alpha value is -3.53. The number of nitro groups is 1. The Kier molecular flexibility index (Phi) is 8.24. The summed E-state index contributed by atoms with van der Waals surface area (Å²) in [5, 5.41) is 24.6. The van der Waals surface area contributed by atoms with E-state index in [2.05, 4.69) is 26.6 Å². The molecule has 0 atom stereocenters. The number of non-ortho nitro benzene ring substituents is 1. The van der Waals surface area contributed by atoms with Gasteiger partial charge in [-0.05, 0) is 58.3 Å². The number of nitro benzene ring substituents is 1. The highest BCUT2D eigenvalue weighted by molar-refractivity contribution is 9.10. The highest BCUT2D eigenvalue weighted by atomic mass is 79.9. The lowest BCUT2D eigenvalue weighted by Gasteiger charge is -2.12. The number of hydrogen-bond acceptors (Lipinski definition) is 5. The molecule has 2 amide bonds. The molecule has 0 spiro atoms. The lowest BCUT2D eigenvalue weighted by molar-refractivity contribution is -0.384. The number of benzene rings is 2. The highest BCUT2D eigenvalue weighted by Gasteiger charge is 2.16. The fourth-order valence-corrected chi connectivity index (χ4v) is 2.85. The Labute approximate surface area is 180 Å². The minimum atomic E-state index is -0.979. The van der Waals surface area contributed by atoms with Crippen molar-refractivity contribution in [3.8, 4) is 0 Å². The molecule has 3 N–H and O–H groups in total. The summed E-state index contributed by atoms with van der Waals surface area (Å²) in [5.41, 5.74) is 0.582. The first-order chi connectivity index (χ1) is 14.3. The number of nitrogens with one attached hydrogen (secondary N) is 2. The summed E-state index contributed by atoms with van der Waals surface area (Å²) in [5.74, 6) is -2.12. The monoisotopic (exact) mass is 475 g/mol. The second kappa shape index (κ2) is 10.9. The SMILES string of the molecule is O=C(O)CCCNC(=O)/C(=C\c1ccc([N+](=O)[O-])cc1)NC(=O)c1ccccc1Br. The molecule has 0 aromatic heterocycles. The van der Waals surface area contributed by atoms with Crippen molar-refractivity contribution in [3.05, 3.63) is 79.9 Å². The average Bonchev–Trinajstić information content (AvgIpc) is 2.71. The van der Waals surface area contributed by atoms with Crippen LogP contribution in [0.15, 0.2) is 58.7 Å². The van der Waals surface area contributed by atoms with E-state index in [1.54, 1.807) is 24.3 Å². The van der Waals surface area contributed by atoms with Crippen molar-refractivity contribution in [2.24, 2.45) is 0 Å². The van der Waals surface area contributed by atoms with Crippen LogP contribution < -0.4 is 10.6 Å². The van der Waals surface area contributed by atoms with Crippen molar-refractivity contribution in [2.75, 3.05) is 6.54 Å². The molecule has 0 radical (unpaired) electrons. The number of carbonyl (C=O) groups is 3. The van der Waals surface area contributed by atoms with Gasteiger partial charge in [-0.3, -0.25) is 24.5 Å². The van der Waals surface area contributed by atoms with E-state index in [9.17, 15) is 24.5 Å². The molecular weight excluding hydrogens is 458 g/mol. The van der Waals surface area contributed by atoms with Gasteiger partial charge in [0.2, 0.25) is 0 Å². The maximum Gasteiger partial charge on any atom is 0.303 e. The van der Waals surface area contributed by atoms with Crippen molar-refractivity contribution < 1.29 is 24.4 Å². The van der Waals surface area contributed by atoms with Gasteiger partial charge in [-0.25, -0.2) is 0 Å². The molecule has 0 aliphatic heterocycles. The van der Waals surface area contributed by atoms with Crippen molar-refractivity contribution in [1.29, 1.82) is 0 Å². The minimum Gasteiger partial charge on any atom is -0.481 e. The molecule has 0 fully saturated rings. The molecule has 2 rings (SSSR count). The zero-order chi connectivity index (χ0) is 22.1. The molecule has 156 valence electrons. The lowest BCUT2D eigenvalue weighted by Crippen LogP contribution is -2.35. The number of hydrogen-bond donors (Lipinski definition) is 3. The summed E-state index contributed by atoms with van der Waals surface area (Å²) < 4.78 is 0.541. The van der Waals surface area contributed by atoms with Crippen LogP contribution in [0.25, 0.3) is 6.08 Å². The van der Waals surface area contributed by atoms with Crippen LogP contribution in [0, 0.1) is 10.1 Å². The second-order valence-corrected chi connectivity index (χ2v) is 6.95. The fraction of sp³-hybridized carbons (Fsp3) is 0.150. The summed E-state index contributed by atoms with van der Waals surface area (Å²) >= 11 is 3.28. The van der Waals surface area contributed by atoms with E-state index in [0.717, 1.165) is 0 Å². The molecule has 30 heavy (non-hydrogen) atoms. The quantitative estimate of drug-likeness (QED) is 0.220. The van der Waals surface area contributed by atoms with Crippen molar-refractivity contribution in [3.63, 3.8) is 0 Å². The molecule has 0 saturated carbocycles. The number of amides is 2. The van der Waals surface area contributed by atoms with Crippen LogP contribution >= 0.6 is 15.9 Å². The van der Waals surface area contributed by atoms with Crippen LogP contribution in [-0.2, 0) is 9.59 Å². The van der Waals surface area contributed by atoms with E-state index >= 15 is 0 Å². The Morgan fingerprint density at radius 3 is 2.37 bits per heavy atom. The lowest BCUT2D eigenvalue weighted by atomic mass is 10.1. The Balaban J connectivity index is 2.23. The third-order valence-electron chi connectivity index (χ3n) is 3.88. The van der Waals surface area contributed by atoms with Crippen LogP contribution in [0.3, 0.4) is 0 Å². The van der Waals surface area contributed by atoms with Crippen LogP contribution in [0.2, 0.25) is 0 Å². The summed E-state index contributed by atoms with van der Waals surface area (Å²) in [6.45, 7) is 0.105. The van der Waals surface area contributed by atoms with Crippen LogP contribution in [0.4, 0.5) is 5.69 Å². The van der Waals surface area contributed by atoms with Crippen molar-refractivity contribution in [1.82, 2.24) is 10.6 Å². The minimum absolute atomic E-state index is 0.0834. The van der Waals surface area contributed by atoms with E-state index in [1.165, 1.54) is 30.3 Å². The second-order valence-electron chi connectivity index (χ2n) is 6.09. The van der Waals surface area contributed by atoms with E-state index < -0.39 is 22.7 Å². The summed E-state index contributed by atoms with van der Waals surface area (Å²) in [4.78, 5) is 46.0. The number of aliphatic carboxylic acids is 1. The zero-order valence-corrected chi connectivity index (χ0v) is 17.2. The largest absolute Gasteiger partial charge is 0.481 e. The van der Waals surface area contributed by atoms with Gasteiger partial charge in [0, 0.05) is 29.6 Å². The summed E-state index contributed by atoms with van der Waals surface area (Å²) in [6, 6.07) is 12.1. The summed E-state index contributed by atoms with van der Waals surface area (Å²) in [6.07, 6.45) is 1.50. The molecule has 0 saturated heterocycles. The third-order valence-corrected chi connectivity index (χ3v) is 4.57. The Bertz CT molecular complexity index is 988. The maximum atomic E-state index is 12.6. The maximum absolute atomic E-state index is 12.6. The Morgan fingerprint density at radius 2 is 1.77 bits per heavy atom. The number of nitrogens with zero attached hydrogens (tertiary/aromatic N) is 1. The van der Waals surface area contributed by atoms with Crippen molar-refractivity contribution in [2.45, 2.75) is 12.8 Å². The molecule has 10 heteroatoms. The average molecular weight is 476 g/mol. The predicted octanol–water partition coefficient (Wildman–Crippen LogP) is 3.11. The molecule has 0 aliphatic rings. The standard InChI is InChI=1S/C20H18BrN3O6/c21-16-5-2-1-4-15(16)19(27)23-17(20(28)22-11-3-6-18(25)26)12-13-7-9-14(10-8-13)24(29)30/h1-2,4-5,7-10,12H,3,6,11H2,(H,22,28)(H,23,27)(H,25,26)/b17-12+. The number of halogens is 1. The topological polar surface area (TPSA) is 139 Å². The van der Waals surface area contributed by atoms with Gasteiger partial charge >= 0.3 is 5.97 Å². The fourth-order valence-electron chi connectivity index (χ4n) is 2.39. The third kappa shape index (κ3) is 6.82. The van der Waals surface area contributed by atoms with Gasteiger partial charge in [-0.1, -0.05) is 12.1 Å². The zero-order valence-electron chi connectivity index (χ0n) is 15.6. The van der Waals surface area contributed by atoms with E-state index in [-0.39, 0.29) is 30.8 Å². The molecular formula is C20H18BrN3O6. The van der Waals surface area contributed by atoms with Gasteiger partial charge in [-0.15, -0.1) is 0 Å².